The molecule has 0 N–H and O–H groups in total. The van der Waals surface area contributed by atoms with Crippen molar-refractivity contribution < 1.29 is 46.4 Å². The summed E-state index contributed by atoms with van der Waals surface area (Å²) in [6, 6.07) is 37.5. The van der Waals surface area contributed by atoms with Crippen molar-refractivity contribution in [2.45, 2.75) is 12.5 Å². The van der Waals surface area contributed by atoms with Crippen LogP contribution in [0, 0.1) is 12.1 Å². The Morgan fingerprint density at radius 1 is 0.537 bits per heavy atom. The van der Waals surface area contributed by atoms with Gasteiger partial charge in [0.15, 0.2) is 0 Å². The Hall–Kier alpha value is -6.11. The fourth-order valence-corrected chi connectivity index (χ4v) is 6.22. The van der Waals surface area contributed by atoms with E-state index in [0.717, 1.165) is 39.2 Å². The summed E-state index contributed by atoms with van der Waals surface area (Å²) in [6.45, 7) is 0. The zero-order valence-electron chi connectivity index (χ0n) is 27.4. The number of hydrogen-bond acceptors (Lipinski definition) is 6. The number of benzene rings is 5. The summed E-state index contributed by atoms with van der Waals surface area (Å²) in [6.07, 6.45) is -6.33. The quantitative estimate of drug-likeness (QED) is 0.130. The van der Waals surface area contributed by atoms with Crippen molar-refractivity contribution in [3.8, 4) is 34.2 Å². The van der Waals surface area contributed by atoms with E-state index in [1.807, 2.05) is 66.7 Å². The van der Waals surface area contributed by atoms with Gasteiger partial charge in [-0.1, -0.05) is 77.0 Å². The largest absolute Gasteiger partial charge is 0.481 e. The molecule has 4 heterocycles. The fraction of sp³-hybridized carbons (Fsp3) is 0.0500. The molecular formula is C40H21F6IrN7-2. The third-order valence-corrected chi connectivity index (χ3v) is 8.53. The van der Waals surface area contributed by atoms with E-state index >= 15 is 0 Å². The summed E-state index contributed by atoms with van der Waals surface area (Å²) in [7, 11) is 0. The molecule has 4 aromatic heterocycles. The van der Waals surface area contributed by atoms with Crippen LogP contribution >= 0.6 is 0 Å². The molecule has 0 saturated carbocycles. The maximum absolute atomic E-state index is 13.8. The van der Waals surface area contributed by atoms with Crippen LogP contribution in [0.25, 0.3) is 77.5 Å². The van der Waals surface area contributed by atoms with Crippen LogP contribution in [0.15, 0.2) is 128 Å². The molecule has 0 aliphatic heterocycles. The molecule has 9 aromatic rings. The van der Waals surface area contributed by atoms with E-state index in [1.165, 1.54) is 24.4 Å². The molecule has 0 amide bonds. The molecule has 0 saturated heterocycles. The number of rotatable bonds is 3. The summed E-state index contributed by atoms with van der Waals surface area (Å²) in [5, 5.41) is 21.2. The molecular weight excluding hydrogens is 885 g/mol. The van der Waals surface area contributed by atoms with Crippen molar-refractivity contribution in [2.24, 2.45) is 0 Å². The van der Waals surface area contributed by atoms with Crippen molar-refractivity contribution >= 4 is 43.4 Å². The van der Waals surface area contributed by atoms with Gasteiger partial charge < -0.3 is 4.98 Å². The summed E-state index contributed by atoms with van der Waals surface area (Å²) < 4.78 is 80.7. The summed E-state index contributed by atoms with van der Waals surface area (Å²) in [5.41, 5.74) is 0.128. The van der Waals surface area contributed by atoms with Crippen LogP contribution < -0.4 is 0 Å². The Kier molecular flexibility index (Phi) is 9.65. The van der Waals surface area contributed by atoms with E-state index in [1.54, 1.807) is 18.3 Å². The summed E-state index contributed by atoms with van der Waals surface area (Å²) in [4.78, 5) is 8.47. The van der Waals surface area contributed by atoms with E-state index < -0.39 is 18.0 Å². The van der Waals surface area contributed by atoms with E-state index in [0.29, 0.717) is 23.4 Å². The molecule has 7 nitrogen and oxygen atoms in total. The second kappa shape index (κ2) is 14.4. The number of alkyl halides is 6. The minimum atomic E-state index is -4.83. The van der Waals surface area contributed by atoms with Gasteiger partial charge in [0.2, 0.25) is 5.82 Å². The molecule has 0 spiro atoms. The molecule has 269 valence electrons. The third-order valence-electron chi connectivity index (χ3n) is 8.53. The maximum atomic E-state index is 13.8. The molecule has 0 fully saturated rings. The zero-order chi connectivity index (χ0) is 36.7. The minimum Gasteiger partial charge on any atom is -0.305 e. The number of nitrogens with zero attached hydrogens (tertiary/aromatic N) is 7. The van der Waals surface area contributed by atoms with Gasteiger partial charge >= 0.3 is 12.5 Å². The average molecular weight is 906 g/mol. The van der Waals surface area contributed by atoms with E-state index in [2.05, 4.69) is 42.5 Å². The number of aromatic nitrogens is 7. The normalized spacial score (nSPS) is 11.7. The fourth-order valence-electron chi connectivity index (χ4n) is 6.22. The first-order valence-electron chi connectivity index (χ1n) is 15.9. The summed E-state index contributed by atoms with van der Waals surface area (Å²) in [5.74, 6) is 0.858. The predicted octanol–water partition coefficient (Wildman–Crippen LogP) is 10.3. The van der Waals surface area contributed by atoms with Gasteiger partial charge in [0.05, 0.1) is 5.56 Å². The first-order valence-corrected chi connectivity index (χ1v) is 15.9. The van der Waals surface area contributed by atoms with Crippen LogP contribution in [0.2, 0.25) is 0 Å². The van der Waals surface area contributed by atoms with Gasteiger partial charge in [-0.15, -0.1) is 57.5 Å². The Morgan fingerprint density at radius 3 is 1.89 bits per heavy atom. The number of fused-ring (bicyclic) bond motifs is 5. The van der Waals surface area contributed by atoms with Crippen LogP contribution in [0.5, 0.6) is 0 Å². The summed E-state index contributed by atoms with van der Waals surface area (Å²) >= 11 is 0. The monoisotopic (exact) mass is 906 g/mol. The van der Waals surface area contributed by atoms with Gasteiger partial charge in [0.25, 0.3) is 0 Å². The van der Waals surface area contributed by atoms with Crippen molar-refractivity contribution in [1.82, 2.24) is 34.9 Å². The molecule has 1 radical (unpaired) electrons. The molecule has 0 unspecified atom stereocenters. The molecule has 0 aliphatic rings. The Balaban J connectivity index is 0.000000164. The molecule has 5 aromatic carbocycles. The molecule has 0 atom stereocenters. The molecule has 9 rings (SSSR count). The zero-order valence-corrected chi connectivity index (χ0v) is 29.8. The third kappa shape index (κ3) is 6.77. The average Bonchev–Trinajstić information content (AvgIpc) is 3.53. The first-order chi connectivity index (χ1) is 25.6. The molecule has 0 bridgehead atoms. The maximum Gasteiger partial charge on any atom is 0.481 e. The number of hydrogen-bond donors (Lipinski definition) is 0. The van der Waals surface area contributed by atoms with Crippen LogP contribution in [-0.2, 0) is 32.6 Å². The smallest absolute Gasteiger partial charge is 0.305 e. The van der Waals surface area contributed by atoms with E-state index in [-0.39, 0.29) is 57.7 Å². The van der Waals surface area contributed by atoms with Gasteiger partial charge in [-0.3, -0.25) is 9.55 Å². The second-order valence-electron chi connectivity index (χ2n) is 11.7. The van der Waals surface area contributed by atoms with Crippen molar-refractivity contribution in [3.05, 3.63) is 145 Å². The Labute approximate surface area is 315 Å². The van der Waals surface area contributed by atoms with E-state index in [4.69, 9.17) is 0 Å². The molecule has 0 aliphatic carbocycles. The number of halogens is 6. The number of pyridine rings is 2. The first kappa shape index (κ1) is 36.3. The Bertz CT molecular complexity index is 2660. The Morgan fingerprint density at radius 2 is 1.19 bits per heavy atom. The van der Waals surface area contributed by atoms with Gasteiger partial charge in [-0.25, -0.2) is 0 Å². The standard InChI is InChI=1S/C21H12N5.C19H9F6N2.Ir/c1-3-9-16-14(6-1)8-5-11-18(16)20-23-25-21(26-24-20)19-17-10-4-2-7-15(17)12-13-22-19;20-18(21,22)11-7-8-16-14(10-11)12-4-3-5-13(15-6-1-2-9-26-15)17(12)27(16)19(23,24)25;/h1-10,12-13H;1-4,6-10H;/q2*-1;. The molecule has 54 heavy (non-hydrogen) atoms. The van der Waals surface area contributed by atoms with Gasteiger partial charge in [-0.2, -0.15) is 36.5 Å². The van der Waals surface area contributed by atoms with Crippen molar-refractivity contribution in [2.75, 3.05) is 0 Å². The van der Waals surface area contributed by atoms with Gasteiger partial charge in [0.1, 0.15) is 11.5 Å². The van der Waals surface area contributed by atoms with E-state index in [9.17, 15) is 26.3 Å². The second-order valence-corrected chi connectivity index (χ2v) is 11.7. The topological polar surface area (TPSA) is 82.3 Å². The van der Waals surface area contributed by atoms with Crippen LogP contribution in [-0.4, -0.2) is 34.9 Å². The van der Waals surface area contributed by atoms with Crippen molar-refractivity contribution in [1.29, 1.82) is 0 Å². The van der Waals surface area contributed by atoms with Gasteiger partial charge in [-0.05, 0) is 52.3 Å². The van der Waals surface area contributed by atoms with Crippen LogP contribution in [0.4, 0.5) is 26.3 Å². The van der Waals surface area contributed by atoms with Crippen LogP contribution in [0.1, 0.15) is 5.56 Å². The molecule has 14 heteroatoms. The van der Waals surface area contributed by atoms with Gasteiger partial charge in [0, 0.05) is 43.4 Å². The SMILES string of the molecule is FC(F)(F)c1ccc2c(c1)c1cc[c-]c(-c3ccccn3)c1n2C(F)(F)F.[Ir].[c-]1ccc2ccccc2c1-c1nnc(-c2nccc3ccccc23)nn1. The van der Waals surface area contributed by atoms with Crippen molar-refractivity contribution in [3.63, 3.8) is 0 Å². The predicted molar refractivity (Wildman–Crippen MR) is 188 cm³/mol. The minimum absolute atomic E-state index is 0. The van der Waals surface area contributed by atoms with Crippen LogP contribution in [0.3, 0.4) is 0 Å².